The van der Waals surface area contributed by atoms with Crippen LogP contribution in [0.5, 0.6) is 0 Å². The third kappa shape index (κ3) is 1.89. The lowest BCUT2D eigenvalue weighted by molar-refractivity contribution is -0.642. The number of rotatable bonds is 1. The van der Waals surface area contributed by atoms with E-state index in [1.54, 1.807) is 17.6 Å². The van der Waals surface area contributed by atoms with E-state index in [1.165, 1.54) is 15.2 Å². The van der Waals surface area contributed by atoms with E-state index in [0.29, 0.717) is 0 Å². The third-order valence-electron chi connectivity index (χ3n) is 2.69. The van der Waals surface area contributed by atoms with Gasteiger partial charge in [-0.25, -0.2) is 0 Å². The second kappa shape index (κ2) is 4.18. The maximum atomic E-state index is 5.42. The van der Waals surface area contributed by atoms with Gasteiger partial charge < -0.3 is 4.74 Å². The smallest absolute Gasteiger partial charge is 0.266 e. The van der Waals surface area contributed by atoms with E-state index in [2.05, 4.69) is 42.0 Å². The molecule has 0 atom stereocenters. The van der Waals surface area contributed by atoms with Gasteiger partial charge in [0.2, 0.25) is 5.52 Å². The highest BCUT2D eigenvalue weighted by Gasteiger charge is 2.14. The zero-order valence-electron chi connectivity index (χ0n) is 9.46. The zero-order chi connectivity index (χ0) is 11.7. The average Bonchev–Trinajstić information content (AvgIpc) is 2.68. The quantitative estimate of drug-likeness (QED) is 0.700. The van der Waals surface area contributed by atoms with Crippen molar-refractivity contribution in [2.45, 2.75) is 0 Å². The monoisotopic (exact) mass is 242 g/mol. The van der Waals surface area contributed by atoms with E-state index in [9.17, 15) is 0 Å². The van der Waals surface area contributed by atoms with Crippen LogP contribution in [0.15, 0.2) is 54.5 Å². The second-order valence-electron chi connectivity index (χ2n) is 3.82. The predicted octanol–water partition coefficient (Wildman–Crippen LogP) is 3.17. The van der Waals surface area contributed by atoms with Gasteiger partial charge in [-0.2, -0.15) is 4.57 Å². The zero-order valence-corrected chi connectivity index (χ0v) is 10.3. The van der Waals surface area contributed by atoms with Crippen molar-refractivity contribution in [1.82, 2.24) is 0 Å². The molecular weight excluding hydrogens is 230 g/mol. The van der Waals surface area contributed by atoms with E-state index in [0.717, 1.165) is 5.76 Å². The molecule has 0 spiro atoms. The summed E-state index contributed by atoms with van der Waals surface area (Å²) >= 11 is 1.77. The molecule has 0 unspecified atom stereocenters. The van der Waals surface area contributed by atoms with Crippen LogP contribution in [0.1, 0.15) is 5.01 Å². The van der Waals surface area contributed by atoms with Gasteiger partial charge >= 0.3 is 0 Å². The van der Waals surface area contributed by atoms with Gasteiger partial charge in [0.15, 0.2) is 0 Å². The molecule has 1 aliphatic heterocycles. The van der Waals surface area contributed by atoms with Crippen LogP contribution in [0.2, 0.25) is 0 Å². The van der Waals surface area contributed by atoms with Gasteiger partial charge in [-0.15, -0.1) is 0 Å². The van der Waals surface area contributed by atoms with Crippen LogP contribution in [0, 0.1) is 0 Å². The van der Waals surface area contributed by atoms with Gasteiger partial charge in [-0.1, -0.05) is 29.5 Å². The van der Waals surface area contributed by atoms with Crippen molar-refractivity contribution in [1.29, 1.82) is 0 Å². The number of benzene rings is 1. The standard InChI is InChI=1S/C14H12NOS/c1-15-12-7-2-3-8-13(12)17-14(15)10-11-6-4-5-9-16-11/h2-10H,1H3/q+1/b11-10+. The number of aryl methyl sites for hydroxylation is 1. The van der Waals surface area contributed by atoms with Crippen LogP contribution in [0.4, 0.5) is 0 Å². The molecule has 2 aromatic rings. The summed E-state index contributed by atoms with van der Waals surface area (Å²) in [6.45, 7) is 0. The van der Waals surface area contributed by atoms with Gasteiger partial charge in [-0.3, -0.25) is 0 Å². The number of ether oxygens (including phenoxy) is 1. The molecule has 2 nitrogen and oxygen atoms in total. The van der Waals surface area contributed by atoms with E-state index in [-0.39, 0.29) is 0 Å². The second-order valence-corrected chi connectivity index (χ2v) is 4.88. The molecule has 2 heterocycles. The van der Waals surface area contributed by atoms with Crippen LogP contribution >= 0.6 is 11.3 Å². The van der Waals surface area contributed by atoms with E-state index in [1.807, 2.05) is 18.2 Å². The first-order chi connectivity index (χ1) is 8.34. The van der Waals surface area contributed by atoms with Crippen molar-refractivity contribution in [2.75, 3.05) is 0 Å². The summed E-state index contributed by atoms with van der Waals surface area (Å²) in [5, 5.41) is 1.18. The summed E-state index contributed by atoms with van der Waals surface area (Å²) in [5.41, 5.74) is 1.25. The van der Waals surface area contributed by atoms with Gasteiger partial charge in [0.25, 0.3) is 5.01 Å². The summed E-state index contributed by atoms with van der Waals surface area (Å²) < 4.78 is 8.89. The van der Waals surface area contributed by atoms with Crippen LogP contribution in [0.25, 0.3) is 16.3 Å². The Kier molecular flexibility index (Phi) is 2.53. The molecule has 1 aliphatic rings. The number of nitrogens with zero attached hydrogens (tertiary/aromatic N) is 1. The fraction of sp³-hybridized carbons (Fsp3) is 0.0714. The number of hydrogen-bond acceptors (Lipinski definition) is 2. The number of thiazole rings is 1. The first-order valence-electron chi connectivity index (χ1n) is 5.44. The predicted molar refractivity (Wildman–Crippen MR) is 70.3 cm³/mol. The molecule has 0 fully saturated rings. The summed E-state index contributed by atoms with van der Waals surface area (Å²) in [6.07, 6.45) is 9.57. The van der Waals surface area contributed by atoms with Gasteiger partial charge in [0, 0.05) is 6.07 Å². The maximum Gasteiger partial charge on any atom is 0.266 e. The Hall–Kier alpha value is -1.87. The lowest BCUT2D eigenvalue weighted by Gasteiger charge is -2.01. The average molecular weight is 242 g/mol. The highest BCUT2D eigenvalue weighted by Crippen LogP contribution is 2.22. The molecule has 1 aromatic heterocycles. The minimum Gasteiger partial charge on any atom is -0.465 e. The lowest BCUT2D eigenvalue weighted by Crippen LogP contribution is -2.28. The van der Waals surface area contributed by atoms with E-state index < -0.39 is 0 Å². The molecule has 0 radical (unpaired) electrons. The molecule has 3 heteroatoms. The molecule has 1 aromatic carbocycles. The summed E-state index contributed by atoms with van der Waals surface area (Å²) in [6, 6.07) is 8.39. The Morgan fingerprint density at radius 3 is 2.88 bits per heavy atom. The van der Waals surface area contributed by atoms with Crippen molar-refractivity contribution in [3.05, 3.63) is 59.5 Å². The van der Waals surface area contributed by atoms with Crippen molar-refractivity contribution >= 4 is 27.6 Å². The summed E-state index contributed by atoms with van der Waals surface area (Å²) in [4.78, 5) is 0. The van der Waals surface area contributed by atoms with Crippen LogP contribution in [0.3, 0.4) is 0 Å². The number of fused-ring (bicyclic) bond motifs is 1. The molecule has 0 saturated heterocycles. The van der Waals surface area contributed by atoms with Crippen LogP contribution < -0.4 is 4.57 Å². The molecule has 84 valence electrons. The fourth-order valence-electron chi connectivity index (χ4n) is 1.80. The van der Waals surface area contributed by atoms with Crippen molar-refractivity contribution in [2.24, 2.45) is 7.05 Å². The number of hydrogen-bond donors (Lipinski definition) is 0. The fourth-order valence-corrected chi connectivity index (χ4v) is 2.90. The first-order valence-corrected chi connectivity index (χ1v) is 6.25. The van der Waals surface area contributed by atoms with E-state index >= 15 is 0 Å². The minimum atomic E-state index is 0.870. The Morgan fingerprint density at radius 2 is 2.12 bits per heavy atom. The van der Waals surface area contributed by atoms with Crippen molar-refractivity contribution in [3.63, 3.8) is 0 Å². The van der Waals surface area contributed by atoms with Crippen LogP contribution in [-0.2, 0) is 11.8 Å². The van der Waals surface area contributed by atoms with Crippen molar-refractivity contribution < 1.29 is 9.30 Å². The Balaban J connectivity index is 2.09. The third-order valence-corrected chi connectivity index (χ3v) is 3.86. The van der Waals surface area contributed by atoms with Crippen LogP contribution in [-0.4, -0.2) is 0 Å². The summed E-state index contributed by atoms with van der Waals surface area (Å²) in [7, 11) is 2.08. The maximum absolute atomic E-state index is 5.42. The molecule has 17 heavy (non-hydrogen) atoms. The molecule has 0 amide bonds. The van der Waals surface area contributed by atoms with E-state index in [4.69, 9.17) is 4.74 Å². The normalized spacial score (nSPS) is 16.6. The Bertz CT molecular complexity index is 649. The SMILES string of the molecule is C[n+]1c(/C=C2\C=CC=CO2)sc2ccccc21. The molecule has 0 saturated carbocycles. The number of para-hydroxylation sites is 1. The Labute approximate surface area is 104 Å². The lowest BCUT2D eigenvalue weighted by atomic mass is 10.3. The number of aromatic nitrogens is 1. The molecule has 0 bridgehead atoms. The number of allylic oxidation sites excluding steroid dienone is 3. The minimum absolute atomic E-state index is 0.870. The topological polar surface area (TPSA) is 13.1 Å². The largest absolute Gasteiger partial charge is 0.465 e. The molecule has 3 rings (SSSR count). The summed E-state index contributed by atoms with van der Waals surface area (Å²) in [5.74, 6) is 0.870. The van der Waals surface area contributed by atoms with Gasteiger partial charge in [0.05, 0.1) is 12.3 Å². The van der Waals surface area contributed by atoms with Crippen molar-refractivity contribution in [3.8, 4) is 0 Å². The molecule has 0 N–H and O–H groups in total. The molecule has 0 aliphatic carbocycles. The Morgan fingerprint density at radius 1 is 1.24 bits per heavy atom. The highest BCUT2D eigenvalue weighted by atomic mass is 32.1. The van der Waals surface area contributed by atoms with Gasteiger partial charge in [-0.05, 0) is 18.2 Å². The highest BCUT2D eigenvalue weighted by molar-refractivity contribution is 7.18. The first kappa shape index (κ1) is 10.3. The van der Waals surface area contributed by atoms with Gasteiger partial charge in [0.1, 0.15) is 17.5 Å². The molecular formula is C14H12NOS+.